The molecule has 2 aromatic rings. The van der Waals surface area contributed by atoms with Gasteiger partial charge in [-0.05, 0) is 55.2 Å². The Hall–Kier alpha value is -2.07. The fourth-order valence-electron chi connectivity index (χ4n) is 4.09. The van der Waals surface area contributed by atoms with Crippen LogP contribution in [0.3, 0.4) is 0 Å². The lowest BCUT2D eigenvalue weighted by Crippen LogP contribution is -2.31. The molecule has 4 rings (SSSR count). The minimum atomic E-state index is -0.165. The largest absolute Gasteiger partial charge is 0.490 e. The van der Waals surface area contributed by atoms with Gasteiger partial charge in [-0.2, -0.15) is 0 Å². The molecule has 2 fully saturated rings. The van der Waals surface area contributed by atoms with Gasteiger partial charge in [0.1, 0.15) is 17.7 Å². The molecular formula is C20H23FN2O. The summed E-state index contributed by atoms with van der Waals surface area (Å²) < 4.78 is 19.8. The summed E-state index contributed by atoms with van der Waals surface area (Å²) in [6.07, 6.45) is 3.52. The zero-order chi connectivity index (χ0) is 16.5. The fourth-order valence-corrected chi connectivity index (χ4v) is 4.09. The van der Waals surface area contributed by atoms with Gasteiger partial charge >= 0.3 is 0 Å². The maximum absolute atomic E-state index is 13.5. The van der Waals surface area contributed by atoms with E-state index in [1.807, 2.05) is 30.3 Å². The third kappa shape index (κ3) is 2.98. The molecule has 3 nitrogen and oxygen atoms in total. The van der Waals surface area contributed by atoms with Crippen LogP contribution in [0.25, 0.3) is 0 Å². The summed E-state index contributed by atoms with van der Waals surface area (Å²) >= 11 is 0. The normalized spacial score (nSPS) is 25.8. The summed E-state index contributed by atoms with van der Waals surface area (Å²) in [6.45, 7) is 1.50. The van der Waals surface area contributed by atoms with Crippen molar-refractivity contribution in [3.8, 4) is 5.75 Å². The zero-order valence-electron chi connectivity index (χ0n) is 13.7. The minimum absolute atomic E-state index is 0.165. The van der Waals surface area contributed by atoms with Crippen LogP contribution in [0, 0.1) is 11.7 Å². The number of ether oxygens (including phenoxy) is 1. The molecule has 1 aliphatic carbocycles. The molecule has 2 aromatic carbocycles. The topological polar surface area (TPSA) is 38.5 Å². The Balaban J connectivity index is 1.45. The molecule has 4 heteroatoms. The number of hydrogen-bond donors (Lipinski definition) is 1. The summed E-state index contributed by atoms with van der Waals surface area (Å²) in [6, 6.07) is 15.5. The molecule has 3 unspecified atom stereocenters. The van der Waals surface area contributed by atoms with Crippen LogP contribution in [0.15, 0.2) is 48.5 Å². The Morgan fingerprint density at radius 1 is 1.12 bits per heavy atom. The van der Waals surface area contributed by atoms with Gasteiger partial charge in [-0.15, -0.1) is 0 Å². The summed E-state index contributed by atoms with van der Waals surface area (Å²) in [4.78, 5) is 2.36. The molecule has 126 valence electrons. The van der Waals surface area contributed by atoms with Crippen LogP contribution < -0.4 is 15.4 Å². The molecule has 2 aliphatic rings. The first-order valence-electron chi connectivity index (χ1n) is 8.71. The van der Waals surface area contributed by atoms with Gasteiger partial charge < -0.3 is 15.4 Å². The third-order valence-electron chi connectivity index (χ3n) is 5.34. The molecule has 0 radical (unpaired) electrons. The van der Waals surface area contributed by atoms with E-state index in [1.54, 1.807) is 12.1 Å². The second-order valence-electron chi connectivity index (χ2n) is 6.86. The number of rotatable bonds is 4. The van der Waals surface area contributed by atoms with Crippen molar-refractivity contribution in [1.29, 1.82) is 0 Å². The van der Waals surface area contributed by atoms with Crippen molar-refractivity contribution >= 4 is 5.69 Å². The van der Waals surface area contributed by atoms with E-state index in [4.69, 9.17) is 10.5 Å². The highest BCUT2D eigenvalue weighted by molar-refractivity contribution is 5.49. The molecule has 2 N–H and O–H groups in total. The average molecular weight is 326 g/mol. The molecule has 3 atom stereocenters. The van der Waals surface area contributed by atoms with E-state index in [-0.39, 0.29) is 11.9 Å². The van der Waals surface area contributed by atoms with E-state index in [0.717, 1.165) is 42.8 Å². The molecular weight excluding hydrogens is 303 g/mol. The van der Waals surface area contributed by atoms with E-state index in [9.17, 15) is 4.39 Å². The monoisotopic (exact) mass is 326 g/mol. The van der Waals surface area contributed by atoms with Crippen molar-refractivity contribution in [2.45, 2.75) is 38.0 Å². The number of anilines is 1. The first-order chi connectivity index (χ1) is 11.7. The Labute approximate surface area is 142 Å². The van der Waals surface area contributed by atoms with Crippen molar-refractivity contribution in [3.05, 3.63) is 59.9 Å². The Bertz CT molecular complexity index is 703. The van der Waals surface area contributed by atoms with Gasteiger partial charge in [0.15, 0.2) is 0 Å². The number of hydrogen-bond acceptors (Lipinski definition) is 3. The SMILES string of the molecule is NCc1ccc(OC2CCC3CC2CN3c2cccc(F)c2)cc1. The zero-order valence-corrected chi connectivity index (χ0v) is 13.7. The second kappa shape index (κ2) is 6.44. The summed E-state index contributed by atoms with van der Waals surface area (Å²) in [5.41, 5.74) is 7.75. The molecule has 0 aromatic heterocycles. The van der Waals surface area contributed by atoms with Crippen LogP contribution >= 0.6 is 0 Å². The average Bonchev–Trinajstić information content (AvgIpc) is 2.96. The first kappa shape index (κ1) is 15.5. The van der Waals surface area contributed by atoms with Gasteiger partial charge in [0, 0.05) is 30.7 Å². The van der Waals surface area contributed by atoms with Gasteiger partial charge in [-0.1, -0.05) is 18.2 Å². The Kier molecular flexibility index (Phi) is 4.15. The van der Waals surface area contributed by atoms with E-state index < -0.39 is 0 Å². The van der Waals surface area contributed by atoms with Gasteiger partial charge in [0.05, 0.1) is 0 Å². The van der Waals surface area contributed by atoms with Gasteiger partial charge in [-0.3, -0.25) is 0 Å². The summed E-state index contributed by atoms with van der Waals surface area (Å²) in [5.74, 6) is 1.25. The number of halogens is 1. The highest BCUT2D eigenvalue weighted by Crippen LogP contribution is 2.40. The number of nitrogens with two attached hydrogens (primary N) is 1. The molecule has 2 bridgehead atoms. The van der Waals surface area contributed by atoms with Gasteiger partial charge in [-0.25, -0.2) is 4.39 Å². The second-order valence-corrected chi connectivity index (χ2v) is 6.86. The molecule has 24 heavy (non-hydrogen) atoms. The van der Waals surface area contributed by atoms with Gasteiger partial charge in [0.2, 0.25) is 0 Å². The van der Waals surface area contributed by atoms with E-state index >= 15 is 0 Å². The van der Waals surface area contributed by atoms with Crippen LogP contribution in [0.4, 0.5) is 10.1 Å². The lowest BCUT2D eigenvalue weighted by Gasteiger charge is -2.29. The highest BCUT2D eigenvalue weighted by Gasteiger charge is 2.42. The lowest BCUT2D eigenvalue weighted by atomic mass is 9.87. The van der Waals surface area contributed by atoms with Crippen LogP contribution in [0.1, 0.15) is 24.8 Å². The molecule has 0 amide bonds. The molecule has 1 saturated heterocycles. The highest BCUT2D eigenvalue weighted by atomic mass is 19.1. The smallest absolute Gasteiger partial charge is 0.125 e. The van der Waals surface area contributed by atoms with Crippen LogP contribution in [-0.2, 0) is 6.54 Å². The molecule has 0 spiro atoms. The number of nitrogens with zero attached hydrogens (tertiary/aromatic N) is 1. The van der Waals surface area contributed by atoms with Crippen molar-refractivity contribution in [3.63, 3.8) is 0 Å². The standard InChI is InChI=1S/C20H23FN2O/c21-16-2-1-3-17(11-16)23-13-15-10-18(23)6-9-20(15)24-19-7-4-14(12-22)5-8-19/h1-5,7-8,11,15,18,20H,6,9-10,12-13,22H2. The lowest BCUT2D eigenvalue weighted by molar-refractivity contribution is 0.113. The minimum Gasteiger partial charge on any atom is -0.490 e. The molecule has 1 heterocycles. The Morgan fingerprint density at radius 3 is 2.71 bits per heavy atom. The van der Waals surface area contributed by atoms with E-state index in [0.29, 0.717) is 18.5 Å². The number of fused-ring (bicyclic) bond motifs is 2. The van der Waals surface area contributed by atoms with Crippen molar-refractivity contribution in [2.24, 2.45) is 11.7 Å². The van der Waals surface area contributed by atoms with E-state index in [1.165, 1.54) is 6.07 Å². The van der Waals surface area contributed by atoms with Crippen LogP contribution in [0.5, 0.6) is 5.75 Å². The maximum atomic E-state index is 13.5. The predicted molar refractivity (Wildman–Crippen MR) is 93.6 cm³/mol. The van der Waals surface area contributed by atoms with Crippen molar-refractivity contribution in [1.82, 2.24) is 0 Å². The van der Waals surface area contributed by atoms with Crippen LogP contribution in [-0.4, -0.2) is 18.7 Å². The van der Waals surface area contributed by atoms with Crippen LogP contribution in [0.2, 0.25) is 0 Å². The van der Waals surface area contributed by atoms with Crippen molar-refractivity contribution < 1.29 is 9.13 Å². The number of benzene rings is 2. The fraction of sp³-hybridized carbons (Fsp3) is 0.400. The maximum Gasteiger partial charge on any atom is 0.125 e. The predicted octanol–water partition coefficient (Wildman–Crippen LogP) is 3.72. The quantitative estimate of drug-likeness (QED) is 0.930. The summed E-state index contributed by atoms with van der Waals surface area (Å²) in [5, 5.41) is 0. The Morgan fingerprint density at radius 2 is 1.96 bits per heavy atom. The first-order valence-corrected chi connectivity index (χ1v) is 8.71. The van der Waals surface area contributed by atoms with Gasteiger partial charge in [0.25, 0.3) is 0 Å². The van der Waals surface area contributed by atoms with Crippen molar-refractivity contribution in [2.75, 3.05) is 11.4 Å². The van der Waals surface area contributed by atoms with E-state index in [2.05, 4.69) is 4.90 Å². The third-order valence-corrected chi connectivity index (χ3v) is 5.34. The molecule has 1 saturated carbocycles. The molecule has 1 aliphatic heterocycles. The summed E-state index contributed by atoms with van der Waals surface area (Å²) in [7, 11) is 0.